The highest BCUT2D eigenvalue weighted by atomic mass is 16.5. The Morgan fingerprint density at radius 2 is 1.67 bits per heavy atom. The van der Waals surface area contributed by atoms with Gasteiger partial charge < -0.3 is 36.0 Å². The molecule has 21 heavy (non-hydrogen) atoms. The van der Waals surface area contributed by atoms with E-state index in [0.29, 0.717) is 0 Å². The van der Waals surface area contributed by atoms with Crippen molar-refractivity contribution in [1.82, 2.24) is 0 Å². The van der Waals surface area contributed by atoms with Crippen LogP contribution >= 0.6 is 0 Å². The zero-order chi connectivity index (χ0) is 16.0. The van der Waals surface area contributed by atoms with E-state index in [4.69, 9.17) is 20.7 Å². The lowest BCUT2D eigenvalue weighted by molar-refractivity contribution is -0.124. The van der Waals surface area contributed by atoms with Crippen molar-refractivity contribution in [3.05, 3.63) is 29.8 Å². The molecule has 1 aromatic carbocycles. The third-order valence-electron chi connectivity index (χ3n) is 2.89. The summed E-state index contributed by atoms with van der Waals surface area (Å²) in [5.41, 5.74) is 5.89. The zero-order valence-corrected chi connectivity index (χ0v) is 11.2. The van der Waals surface area contributed by atoms with Crippen molar-refractivity contribution in [3.63, 3.8) is 0 Å². The smallest absolute Gasteiger partial charge is 0.340 e. The first kappa shape index (κ1) is 17.3. The van der Waals surface area contributed by atoms with Crippen LogP contribution in [0.2, 0.25) is 0 Å². The van der Waals surface area contributed by atoms with Crippen LogP contribution in [0.3, 0.4) is 0 Å². The number of nitrogens with two attached hydrogens (primary N) is 1. The molecular weight excluding hydrogens is 282 g/mol. The summed E-state index contributed by atoms with van der Waals surface area (Å²) in [6, 6.07) is 6.16. The van der Waals surface area contributed by atoms with Crippen molar-refractivity contribution in [2.75, 3.05) is 18.9 Å². The summed E-state index contributed by atoms with van der Waals surface area (Å²) in [5, 5.41) is 46.3. The van der Waals surface area contributed by atoms with Gasteiger partial charge >= 0.3 is 5.97 Å². The van der Waals surface area contributed by atoms with Gasteiger partial charge in [-0.2, -0.15) is 0 Å². The van der Waals surface area contributed by atoms with Crippen LogP contribution in [-0.4, -0.2) is 69.1 Å². The van der Waals surface area contributed by atoms with Gasteiger partial charge in [0, 0.05) is 5.69 Å². The molecule has 0 aliphatic rings. The molecular formula is C13H19NO7. The lowest BCUT2D eigenvalue weighted by Gasteiger charge is -2.25. The molecule has 8 heteroatoms. The highest BCUT2D eigenvalue weighted by molar-refractivity contribution is 5.94. The van der Waals surface area contributed by atoms with Crippen molar-refractivity contribution in [1.29, 1.82) is 0 Å². The van der Waals surface area contributed by atoms with E-state index in [1.807, 2.05) is 0 Å². The van der Waals surface area contributed by atoms with Crippen LogP contribution in [0.15, 0.2) is 24.3 Å². The number of para-hydroxylation sites is 1. The number of esters is 1. The summed E-state index contributed by atoms with van der Waals surface area (Å²) in [4.78, 5) is 11.7. The maximum Gasteiger partial charge on any atom is 0.340 e. The molecule has 0 heterocycles. The molecule has 0 radical (unpaired) electrons. The molecule has 0 amide bonds. The summed E-state index contributed by atoms with van der Waals surface area (Å²) >= 11 is 0. The molecule has 0 saturated heterocycles. The largest absolute Gasteiger partial charge is 0.459 e. The molecule has 0 aromatic heterocycles. The zero-order valence-electron chi connectivity index (χ0n) is 11.2. The second-order valence-corrected chi connectivity index (χ2v) is 4.48. The third kappa shape index (κ3) is 4.66. The maximum absolute atomic E-state index is 11.7. The Kier molecular flexibility index (Phi) is 6.53. The van der Waals surface area contributed by atoms with Crippen LogP contribution in [0.4, 0.5) is 5.69 Å². The third-order valence-corrected chi connectivity index (χ3v) is 2.89. The van der Waals surface area contributed by atoms with Gasteiger partial charge in [-0.15, -0.1) is 0 Å². The minimum Gasteiger partial charge on any atom is -0.459 e. The van der Waals surface area contributed by atoms with Gasteiger partial charge in [0.1, 0.15) is 31.0 Å². The number of anilines is 1. The van der Waals surface area contributed by atoms with E-state index in [-0.39, 0.29) is 11.3 Å². The topological polar surface area (TPSA) is 153 Å². The van der Waals surface area contributed by atoms with Crippen molar-refractivity contribution < 1.29 is 35.1 Å². The number of hydrogen-bond donors (Lipinski definition) is 6. The van der Waals surface area contributed by atoms with Crippen LogP contribution < -0.4 is 5.73 Å². The Balaban J connectivity index is 2.55. The molecule has 8 nitrogen and oxygen atoms in total. The highest BCUT2D eigenvalue weighted by Gasteiger charge is 2.30. The van der Waals surface area contributed by atoms with Crippen LogP contribution in [-0.2, 0) is 4.74 Å². The van der Waals surface area contributed by atoms with E-state index in [9.17, 15) is 20.1 Å². The minimum atomic E-state index is -1.78. The average Bonchev–Trinajstić information content (AvgIpc) is 2.50. The number of nitrogen functional groups attached to an aromatic ring is 1. The van der Waals surface area contributed by atoms with E-state index in [1.54, 1.807) is 12.1 Å². The Labute approximate surface area is 121 Å². The highest BCUT2D eigenvalue weighted by Crippen LogP contribution is 2.13. The normalized spacial score (nSPS) is 16.8. The van der Waals surface area contributed by atoms with Crippen molar-refractivity contribution >= 4 is 11.7 Å². The molecule has 1 aromatic rings. The van der Waals surface area contributed by atoms with E-state index < -0.39 is 43.6 Å². The van der Waals surface area contributed by atoms with Gasteiger partial charge in [0.05, 0.1) is 12.2 Å². The van der Waals surface area contributed by atoms with E-state index in [1.165, 1.54) is 12.1 Å². The molecule has 0 aliphatic heterocycles. The van der Waals surface area contributed by atoms with Crippen LogP contribution in [0.25, 0.3) is 0 Å². The molecule has 1 rings (SSSR count). The Morgan fingerprint density at radius 3 is 2.24 bits per heavy atom. The molecule has 0 unspecified atom stereocenters. The van der Waals surface area contributed by atoms with Gasteiger partial charge in [-0.25, -0.2) is 4.79 Å². The quantitative estimate of drug-likeness (QED) is 0.246. The van der Waals surface area contributed by atoms with Crippen molar-refractivity contribution in [2.45, 2.75) is 24.4 Å². The number of carbonyl (C=O) groups excluding carboxylic acids is 1. The van der Waals surface area contributed by atoms with E-state index in [2.05, 4.69) is 0 Å². The lowest BCUT2D eigenvalue weighted by atomic mass is 10.0. The Morgan fingerprint density at radius 1 is 1.10 bits per heavy atom. The summed E-state index contributed by atoms with van der Waals surface area (Å²) in [6.07, 6.45) is -6.80. The van der Waals surface area contributed by atoms with Crippen molar-refractivity contribution in [3.8, 4) is 0 Å². The second-order valence-electron chi connectivity index (χ2n) is 4.48. The van der Waals surface area contributed by atoms with E-state index >= 15 is 0 Å². The molecule has 4 atom stereocenters. The number of benzene rings is 1. The fourth-order valence-corrected chi connectivity index (χ4v) is 1.58. The number of rotatable bonds is 7. The van der Waals surface area contributed by atoms with Crippen LogP contribution in [0.1, 0.15) is 10.4 Å². The number of carbonyl (C=O) groups is 1. The first-order valence-corrected chi connectivity index (χ1v) is 6.23. The molecule has 0 aliphatic carbocycles. The van der Waals surface area contributed by atoms with Gasteiger partial charge in [0.15, 0.2) is 0 Å². The summed E-state index contributed by atoms with van der Waals surface area (Å²) in [6.45, 7) is -1.39. The lowest BCUT2D eigenvalue weighted by Crippen LogP contribution is -2.47. The van der Waals surface area contributed by atoms with Gasteiger partial charge in [0.25, 0.3) is 0 Å². The summed E-state index contributed by atoms with van der Waals surface area (Å²) < 4.78 is 4.77. The second kappa shape index (κ2) is 7.91. The van der Waals surface area contributed by atoms with Crippen molar-refractivity contribution in [2.24, 2.45) is 0 Å². The summed E-state index contributed by atoms with van der Waals surface area (Å²) in [7, 11) is 0. The molecule has 0 fully saturated rings. The molecule has 0 saturated carbocycles. The fraction of sp³-hybridized carbons (Fsp3) is 0.462. The van der Waals surface area contributed by atoms with Gasteiger partial charge in [-0.3, -0.25) is 0 Å². The van der Waals surface area contributed by atoms with Crippen LogP contribution in [0.5, 0.6) is 0 Å². The molecule has 7 N–H and O–H groups in total. The number of hydrogen-bond acceptors (Lipinski definition) is 8. The Hall–Kier alpha value is -1.71. The van der Waals surface area contributed by atoms with E-state index in [0.717, 1.165) is 0 Å². The van der Waals surface area contributed by atoms with Gasteiger partial charge in [-0.1, -0.05) is 12.1 Å². The van der Waals surface area contributed by atoms with Gasteiger partial charge in [-0.05, 0) is 12.1 Å². The standard InChI is InChI=1S/C13H19NO7/c14-8-4-2-1-3-7(8)13(20)21-6-10(17)12(19)11(18)9(16)5-15/h1-4,9-12,15-19H,5-6,14H2/t9-,10+,11+,12+/m1/s1. The molecule has 0 spiro atoms. The Bertz CT molecular complexity index is 468. The predicted octanol–water partition coefficient (Wildman–Crippen LogP) is -2.14. The minimum absolute atomic E-state index is 0.107. The van der Waals surface area contributed by atoms with Crippen LogP contribution in [0, 0.1) is 0 Å². The SMILES string of the molecule is Nc1ccccc1C(=O)OC[C@H](O)[C@H](O)[C@@H](O)[C@H](O)CO. The first-order valence-electron chi connectivity index (χ1n) is 6.23. The number of aliphatic hydroxyl groups is 5. The predicted molar refractivity (Wildman–Crippen MR) is 72.2 cm³/mol. The number of ether oxygens (including phenoxy) is 1. The monoisotopic (exact) mass is 301 g/mol. The molecule has 0 bridgehead atoms. The maximum atomic E-state index is 11.7. The fourth-order valence-electron chi connectivity index (χ4n) is 1.58. The van der Waals surface area contributed by atoms with Gasteiger partial charge in [0.2, 0.25) is 0 Å². The number of aliphatic hydroxyl groups excluding tert-OH is 5. The summed E-state index contributed by atoms with van der Waals surface area (Å²) in [5.74, 6) is -0.795. The molecule has 118 valence electrons. The first-order chi connectivity index (χ1) is 9.88. The average molecular weight is 301 g/mol.